The first kappa shape index (κ1) is 12.9. The molecule has 1 unspecified atom stereocenters. The van der Waals surface area contributed by atoms with Crippen molar-refractivity contribution in [1.29, 1.82) is 0 Å². The highest BCUT2D eigenvalue weighted by molar-refractivity contribution is 5.83. The quantitative estimate of drug-likeness (QED) is 0.750. The summed E-state index contributed by atoms with van der Waals surface area (Å²) in [5.41, 5.74) is 5.75. The van der Waals surface area contributed by atoms with Crippen LogP contribution in [0.15, 0.2) is 0 Å². The minimum Gasteiger partial charge on any atom is -0.339 e. The Morgan fingerprint density at radius 3 is 2.35 bits per heavy atom. The molecule has 1 saturated carbocycles. The smallest absolute Gasteiger partial charge is 0.230 e. The van der Waals surface area contributed by atoms with Gasteiger partial charge in [-0.15, -0.1) is 0 Å². The number of carbonyl (C=O) groups excluding carboxylic acids is 1. The monoisotopic (exact) mass is 238 g/mol. The molecule has 0 aromatic heterocycles. The van der Waals surface area contributed by atoms with E-state index in [-0.39, 0.29) is 5.41 Å². The molecule has 1 amide bonds. The van der Waals surface area contributed by atoms with Crippen LogP contribution in [0.3, 0.4) is 0 Å². The molecule has 1 aliphatic heterocycles. The van der Waals surface area contributed by atoms with Gasteiger partial charge in [-0.3, -0.25) is 4.79 Å². The van der Waals surface area contributed by atoms with Gasteiger partial charge in [0.05, 0.1) is 5.41 Å². The topological polar surface area (TPSA) is 46.3 Å². The van der Waals surface area contributed by atoms with E-state index in [2.05, 4.69) is 11.8 Å². The van der Waals surface area contributed by atoms with Crippen molar-refractivity contribution in [2.75, 3.05) is 13.1 Å². The van der Waals surface area contributed by atoms with E-state index in [4.69, 9.17) is 5.73 Å². The van der Waals surface area contributed by atoms with Crippen molar-refractivity contribution in [3.63, 3.8) is 0 Å². The van der Waals surface area contributed by atoms with Crippen LogP contribution in [0.1, 0.15) is 58.3 Å². The number of amides is 1. The van der Waals surface area contributed by atoms with Crippen LogP contribution in [0.25, 0.3) is 0 Å². The number of hydrogen-bond donors (Lipinski definition) is 1. The van der Waals surface area contributed by atoms with Crippen LogP contribution in [-0.2, 0) is 4.79 Å². The summed E-state index contributed by atoms with van der Waals surface area (Å²) < 4.78 is 0. The lowest BCUT2D eigenvalue weighted by Gasteiger charge is -2.36. The highest BCUT2D eigenvalue weighted by Gasteiger charge is 2.42. The highest BCUT2D eigenvalue weighted by Crippen LogP contribution is 2.37. The Balaban J connectivity index is 2.12. The van der Waals surface area contributed by atoms with Gasteiger partial charge in [-0.05, 0) is 32.6 Å². The second-order valence-corrected chi connectivity index (χ2v) is 5.89. The Morgan fingerprint density at radius 1 is 1.24 bits per heavy atom. The molecule has 1 atom stereocenters. The molecule has 2 N–H and O–H groups in total. The molecule has 1 heterocycles. The number of carbonyl (C=O) groups is 1. The average Bonchev–Trinajstić information content (AvgIpc) is 2.64. The third kappa shape index (κ3) is 2.49. The molecule has 2 rings (SSSR count). The van der Waals surface area contributed by atoms with Crippen LogP contribution in [-0.4, -0.2) is 29.9 Å². The Kier molecular flexibility index (Phi) is 4.08. The molecule has 2 fully saturated rings. The average molecular weight is 238 g/mol. The normalized spacial score (nSPS) is 29.1. The fourth-order valence-corrected chi connectivity index (χ4v) is 3.45. The molecule has 0 bridgehead atoms. The molecular formula is C14H26N2O. The van der Waals surface area contributed by atoms with Gasteiger partial charge in [0.1, 0.15) is 0 Å². The van der Waals surface area contributed by atoms with Gasteiger partial charge in [-0.2, -0.15) is 0 Å². The third-order valence-corrected chi connectivity index (χ3v) is 4.72. The SMILES string of the molecule is CC1CCCN1C(=O)C1(CN)CCCCCC1. The first-order valence-electron chi connectivity index (χ1n) is 7.21. The zero-order chi connectivity index (χ0) is 12.3. The Hall–Kier alpha value is -0.570. The zero-order valence-electron chi connectivity index (χ0n) is 11.1. The lowest BCUT2D eigenvalue weighted by atomic mass is 9.79. The number of likely N-dealkylation sites (tertiary alicyclic amines) is 1. The fourth-order valence-electron chi connectivity index (χ4n) is 3.45. The molecule has 0 aromatic rings. The molecular weight excluding hydrogens is 212 g/mol. The summed E-state index contributed by atoms with van der Waals surface area (Å²) >= 11 is 0. The first-order chi connectivity index (χ1) is 8.19. The van der Waals surface area contributed by atoms with Gasteiger partial charge < -0.3 is 10.6 Å². The van der Waals surface area contributed by atoms with E-state index in [1.165, 1.54) is 25.7 Å². The van der Waals surface area contributed by atoms with Crippen molar-refractivity contribution in [2.24, 2.45) is 11.1 Å². The Bertz CT molecular complexity index is 269. The van der Waals surface area contributed by atoms with E-state index in [0.29, 0.717) is 18.5 Å². The van der Waals surface area contributed by atoms with Gasteiger partial charge >= 0.3 is 0 Å². The number of nitrogens with two attached hydrogens (primary N) is 1. The van der Waals surface area contributed by atoms with E-state index in [0.717, 1.165) is 32.2 Å². The van der Waals surface area contributed by atoms with Gasteiger partial charge in [0.15, 0.2) is 0 Å². The molecule has 17 heavy (non-hydrogen) atoms. The second kappa shape index (κ2) is 5.38. The Labute approximate surface area is 105 Å². The van der Waals surface area contributed by atoms with Gasteiger partial charge in [-0.1, -0.05) is 25.7 Å². The predicted octanol–water partition coefficient (Wildman–Crippen LogP) is 2.30. The summed E-state index contributed by atoms with van der Waals surface area (Å²) in [4.78, 5) is 14.9. The summed E-state index contributed by atoms with van der Waals surface area (Å²) in [5, 5.41) is 0. The van der Waals surface area contributed by atoms with Crippen molar-refractivity contribution in [3.8, 4) is 0 Å². The summed E-state index contributed by atoms with van der Waals surface area (Å²) in [5.74, 6) is 0.354. The molecule has 0 aromatic carbocycles. The highest BCUT2D eigenvalue weighted by atomic mass is 16.2. The molecule has 1 aliphatic carbocycles. The van der Waals surface area contributed by atoms with Crippen molar-refractivity contribution < 1.29 is 4.79 Å². The molecule has 1 saturated heterocycles. The van der Waals surface area contributed by atoms with Crippen molar-refractivity contribution in [2.45, 2.75) is 64.3 Å². The third-order valence-electron chi connectivity index (χ3n) is 4.72. The van der Waals surface area contributed by atoms with Crippen LogP contribution in [0.2, 0.25) is 0 Å². The van der Waals surface area contributed by atoms with Gasteiger partial charge in [-0.25, -0.2) is 0 Å². The number of rotatable bonds is 2. The minimum atomic E-state index is -0.227. The van der Waals surface area contributed by atoms with Crippen LogP contribution in [0.4, 0.5) is 0 Å². The molecule has 3 nitrogen and oxygen atoms in total. The summed E-state index contributed by atoms with van der Waals surface area (Å²) in [6.07, 6.45) is 9.21. The largest absolute Gasteiger partial charge is 0.339 e. The van der Waals surface area contributed by atoms with Crippen molar-refractivity contribution in [1.82, 2.24) is 4.90 Å². The van der Waals surface area contributed by atoms with E-state index in [1.54, 1.807) is 0 Å². The van der Waals surface area contributed by atoms with Crippen LogP contribution in [0, 0.1) is 5.41 Å². The first-order valence-corrected chi connectivity index (χ1v) is 7.21. The maximum atomic E-state index is 12.8. The molecule has 0 radical (unpaired) electrons. The van der Waals surface area contributed by atoms with Crippen molar-refractivity contribution >= 4 is 5.91 Å². The molecule has 0 spiro atoms. The molecule has 2 aliphatic rings. The maximum Gasteiger partial charge on any atom is 0.230 e. The van der Waals surface area contributed by atoms with Gasteiger partial charge in [0.25, 0.3) is 0 Å². The standard InChI is InChI=1S/C14H26N2O/c1-12-7-6-10-16(12)13(17)14(11-15)8-4-2-3-5-9-14/h12H,2-11,15H2,1H3. The maximum absolute atomic E-state index is 12.8. The predicted molar refractivity (Wildman–Crippen MR) is 69.6 cm³/mol. The van der Waals surface area contributed by atoms with Crippen LogP contribution >= 0.6 is 0 Å². The fraction of sp³-hybridized carbons (Fsp3) is 0.929. The van der Waals surface area contributed by atoms with E-state index >= 15 is 0 Å². The second-order valence-electron chi connectivity index (χ2n) is 5.89. The zero-order valence-corrected chi connectivity index (χ0v) is 11.1. The van der Waals surface area contributed by atoms with E-state index in [1.807, 2.05) is 0 Å². The van der Waals surface area contributed by atoms with Crippen LogP contribution in [0.5, 0.6) is 0 Å². The Morgan fingerprint density at radius 2 is 1.88 bits per heavy atom. The molecule has 3 heteroatoms. The van der Waals surface area contributed by atoms with Gasteiger partial charge in [0, 0.05) is 19.1 Å². The lowest BCUT2D eigenvalue weighted by molar-refractivity contribution is -0.143. The number of hydrogen-bond acceptors (Lipinski definition) is 2. The summed E-state index contributed by atoms with van der Waals surface area (Å²) in [6, 6.07) is 0.425. The van der Waals surface area contributed by atoms with Gasteiger partial charge in [0.2, 0.25) is 5.91 Å². The summed E-state index contributed by atoms with van der Waals surface area (Å²) in [7, 11) is 0. The number of nitrogens with zero attached hydrogens (tertiary/aromatic N) is 1. The van der Waals surface area contributed by atoms with Crippen LogP contribution < -0.4 is 5.73 Å². The van der Waals surface area contributed by atoms with Crippen molar-refractivity contribution in [3.05, 3.63) is 0 Å². The van der Waals surface area contributed by atoms with E-state index in [9.17, 15) is 4.79 Å². The molecule has 98 valence electrons. The summed E-state index contributed by atoms with van der Waals surface area (Å²) in [6.45, 7) is 3.66. The lowest BCUT2D eigenvalue weighted by Crippen LogP contribution is -2.49. The minimum absolute atomic E-state index is 0.227. The van der Waals surface area contributed by atoms with E-state index < -0.39 is 0 Å².